The molecule has 1 aromatic heterocycles. The number of ether oxygens (including phenoxy) is 2. The van der Waals surface area contributed by atoms with Crippen molar-refractivity contribution in [3.05, 3.63) is 46.9 Å². The number of benzene rings is 2. The van der Waals surface area contributed by atoms with Crippen LogP contribution in [-0.2, 0) is 6.54 Å². The summed E-state index contributed by atoms with van der Waals surface area (Å²) in [4.78, 5) is 10.3. The van der Waals surface area contributed by atoms with Gasteiger partial charge in [0.1, 0.15) is 10.7 Å². The van der Waals surface area contributed by atoms with Crippen LogP contribution in [0.15, 0.2) is 35.4 Å². The Morgan fingerprint density at radius 3 is 2.27 bits per heavy atom. The summed E-state index contributed by atoms with van der Waals surface area (Å²) in [5.41, 5.74) is 5.28. The number of hydrogen-bond donors (Lipinski definition) is 1. The fraction of sp³-hybridized carbons (Fsp3) is 0.250. The zero-order valence-corrected chi connectivity index (χ0v) is 18.9. The van der Waals surface area contributed by atoms with E-state index < -0.39 is 43.9 Å². The van der Waals surface area contributed by atoms with Gasteiger partial charge in [-0.15, -0.1) is 0 Å². The summed E-state index contributed by atoms with van der Waals surface area (Å²) in [6.07, 6.45) is 1.29. The molecule has 3 aromatic rings. The average Bonchev–Trinajstić information content (AvgIpc) is 2.98. The maximum absolute atomic E-state index is 15.1. The Kier molecular flexibility index (Phi) is 5.78. The second-order valence-corrected chi connectivity index (χ2v) is 9.90. The van der Waals surface area contributed by atoms with Crippen molar-refractivity contribution in [2.24, 2.45) is 0 Å². The normalized spacial score (nSPS) is 14.1. The van der Waals surface area contributed by atoms with Crippen molar-refractivity contribution in [1.82, 2.24) is 4.57 Å². The molecule has 0 atom stereocenters. The smallest absolute Gasteiger partial charge is 0.310 e. The summed E-state index contributed by atoms with van der Waals surface area (Å²) >= 11 is 5.56. The molecule has 0 fully saturated rings. The molecule has 0 saturated carbocycles. The van der Waals surface area contributed by atoms with E-state index in [1.54, 1.807) is 13.8 Å². The number of Topliss-reactive ketones (excluding diaryl/α,β-unsaturated/α-hetero) is 1. The van der Waals surface area contributed by atoms with Crippen molar-refractivity contribution in [1.29, 1.82) is 0 Å². The zero-order valence-electron chi connectivity index (χ0n) is 17.3. The second kappa shape index (κ2) is 7.66. The molecule has 3 rings (SSSR count). The number of ketones is 1. The number of carbonyl (C=O) groups excluding carboxylic acids is 1. The number of aromatic nitrogens is 1. The summed E-state index contributed by atoms with van der Waals surface area (Å²) in [6.45, 7) is 3.00. The first-order valence-electron chi connectivity index (χ1n) is 9.50. The molecule has 0 aliphatic carbocycles. The quantitative estimate of drug-likeness (QED) is 0.251. The molecule has 0 saturated heterocycles. The van der Waals surface area contributed by atoms with Crippen LogP contribution in [0.4, 0.5) is 29.6 Å². The van der Waals surface area contributed by atoms with Crippen LogP contribution < -0.4 is 15.2 Å². The monoisotopic (exact) mass is 516 g/mol. The molecular weight excluding hydrogens is 498 g/mol. The Hall–Kier alpha value is -2.73. The van der Waals surface area contributed by atoms with E-state index >= 15 is 4.39 Å². The number of nitrogens with two attached hydrogens (primary N) is 1. The van der Waals surface area contributed by atoms with Gasteiger partial charge in [0.25, 0.3) is 0 Å². The topological polar surface area (TPSA) is 66.5 Å². The molecule has 0 radical (unpaired) electrons. The Bertz CT molecular complexity index is 1260. The number of carbonyl (C=O) groups is 1. The maximum Gasteiger partial charge on any atom is 0.310 e. The molecule has 0 bridgehead atoms. The van der Waals surface area contributed by atoms with Crippen LogP contribution in [0, 0.1) is 5.82 Å². The lowest BCUT2D eigenvalue weighted by atomic mass is 10.1. The van der Waals surface area contributed by atoms with Crippen LogP contribution in [0.3, 0.4) is 0 Å². The van der Waals surface area contributed by atoms with Crippen molar-refractivity contribution in [3.63, 3.8) is 0 Å². The highest BCUT2D eigenvalue weighted by Crippen LogP contribution is 3.02. The number of anilines is 1. The maximum atomic E-state index is 15.1. The molecule has 0 unspecified atom stereocenters. The van der Waals surface area contributed by atoms with Crippen LogP contribution in [0.2, 0.25) is 5.02 Å². The highest BCUT2D eigenvalue weighted by molar-refractivity contribution is 8.45. The van der Waals surface area contributed by atoms with Gasteiger partial charge in [0.05, 0.1) is 25.1 Å². The number of nitrogens with zero attached hydrogens (tertiary/aromatic N) is 1. The van der Waals surface area contributed by atoms with Crippen LogP contribution >= 0.6 is 21.8 Å². The summed E-state index contributed by atoms with van der Waals surface area (Å²) < 4.78 is 92.8. The van der Waals surface area contributed by atoms with Gasteiger partial charge in [-0.1, -0.05) is 31.0 Å². The Morgan fingerprint density at radius 1 is 1.06 bits per heavy atom. The van der Waals surface area contributed by atoms with E-state index in [4.69, 9.17) is 26.8 Å². The number of fused-ring (bicyclic) bond motifs is 1. The number of hydrogen-bond acceptors (Lipinski definition) is 4. The molecule has 0 aliphatic heterocycles. The minimum Gasteiger partial charge on any atom is -0.490 e. The number of rotatable bonds is 8. The first-order valence-corrected chi connectivity index (χ1v) is 11.8. The van der Waals surface area contributed by atoms with Gasteiger partial charge in [0.15, 0.2) is 23.1 Å². The predicted octanol–water partition coefficient (Wildman–Crippen LogP) is 7.35. The largest absolute Gasteiger partial charge is 0.490 e. The fourth-order valence-corrected chi connectivity index (χ4v) is 4.23. The first kappa shape index (κ1) is 24.9. The van der Waals surface area contributed by atoms with Gasteiger partial charge in [0.2, 0.25) is 0 Å². The molecule has 0 aliphatic rings. The van der Waals surface area contributed by atoms with E-state index in [-0.39, 0.29) is 53.4 Å². The molecule has 1 heterocycles. The lowest BCUT2D eigenvalue weighted by molar-refractivity contribution is 0.0973. The van der Waals surface area contributed by atoms with E-state index in [0.717, 1.165) is 10.6 Å². The lowest BCUT2D eigenvalue weighted by Gasteiger charge is -2.40. The highest BCUT2D eigenvalue weighted by Gasteiger charge is 2.65. The first-order chi connectivity index (χ1) is 15.0. The molecular formula is C20H19ClF6N2O3S. The Balaban J connectivity index is 2.06. The molecule has 0 amide bonds. The molecule has 0 spiro atoms. The third-order valence-corrected chi connectivity index (χ3v) is 5.96. The van der Waals surface area contributed by atoms with E-state index in [2.05, 4.69) is 0 Å². The summed E-state index contributed by atoms with van der Waals surface area (Å²) in [5.74, 6) is -2.13. The minimum atomic E-state index is -10.1. The summed E-state index contributed by atoms with van der Waals surface area (Å²) in [5, 5.41) is -0.541. The third-order valence-electron chi connectivity index (χ3n) is 4.62. The molecule has 5 nitrogen and oxygen atoms in total. The van der Waals surface area contributed by atoms with Gasteiger partial charge in [-0.3, -0.25) is 4.79 Å². The highest BCUT2D eigenvalue weighted by atomic mass is 35.5. The molecule has 33 heavy (non-hydrogen) atoms. The van der Waals surface area contributed by atoms with Crippen molar-refractivity contribution in [3.8, 4) is 11.5 Å². The van der Waals surface area contributed by atoms with Gasteiger partial charge in [-0.25, -0.2) is 4.39 Å². The summed E-state index contributed by atoms with van der Waals surface area (Å²) in [7, 11) is -10.1. The Labute approximate surface area is 189 Å². The van der Waals surface area contributed by atoms with Gasteiger partial charge in [0, 0.05) is 22.2 Å². The van der Waals surface area contributed by atoms with Crippen molar-refractivity contribution >= 4 is 44.2 Å². The van der Waals surface area contributed by atoms with Crippen LogP contribution in [0.5, 0.6) is 11.5 Å². The van der Waals surface area contributed by atoms with Crippen molar-refractivity contribution < 1.29 is 38.1 Å². The molecule has 2 N–H and O–H groups in total. The van der Waals surface area contributed by atoms with Gasteiger partial charge in [-0.2, -0.15) is 0 Å². The summed E-state index contributed by atoms with van der Waals surface area (Å²) in [6, 6.07) is 2.36. The third kappa shape index (κ3) is 5.11. The van der Waals surface area contributed by atoms with Gasteiger partial charge in [-0.05, 0) is 38.1 Å². The molecule has 13 heteroatoms. The molecule has 2 aromatic carbocycles. The predicted molar refractivity (Wildman–Crippen MR) is 116 cm³/mol. The van der Waals surface area contributed by atoms with Crippen LogP contribution in [-0.4, -0.2) is 23.6 Å². The molecule has 182 valence electrons. The van der Waals surface area contributed by atoms with E-state index in [9.17, 15) is 24.2 Å². The Morgan fingerprint density at radius 2 is 1.70 bits per heavy atom. The van der Waals surface area contributed by atoms with Crippen molar-refractivity contribution in [2.75, 3.05) is 18.9 Å². The minimum absolute atomic E-state index is 0.0378. The van der Waals surface area contributed by atoms with Crippen molar-refractivity contribution in [2.45, 2.75) is 25.3 Å². The second-order valence-electron chi connectivity index (χ2n) is 7.06. The zero-order chi connectivity index (χ0) is 24.8. The van der Waals surface area contributed by atoms with Crippen LogP contribution in [0.25, 0.3) is 10.8 Å². The van der Waals surface area contributed by atoms with Crippen LogP contribution in [0.1, 0.15) is 24.2 Å². The van der Waals surface area contributed by atoms with E-state index in [1.807, 2.05) is 0 Å². The standard InChI is InChI=1S/C20H19ClF6N2O3S/c1-3-31-16-7-12-9-29(20(28)17(12)18(22)19(16)32-4-2)10-15(30)11-5-13(21)8-14(6-11)33(23,24,25,26)27/h5-9H,3-4,10,28H2,1-2H3. The SMILES string of the molecule is CCOc1cc2cn(CC(=O)c3cc(Cl)cc(S(F)(F)(F)(F)F)c3)c(N)c2c(F)c1OCC. The number of halogens is 7. The fourth-order valence-electron chi connectivity index (χ4n) is 3.24. The lowest BCUT2D eigenvalue weighted by Crippen LogP contribution is -2.13. The van der Waals surface area contributed by atoms with Gasteiger partial charge < -0.3 is 19.8 Å². The van der Waals surface area contributed by atoms with E-state index in [0.29, 0.717) is 0 Å². The number of nitrogen functional groups attached to an aromatic ring is 1. The van der Waals surface area contributed by atoms with Gasteiger partial charge >= 0.3 is 10.2 Å². The average molecular weight is 517 g/mol. The van der Waals surface area contributed by atoms with E-state index in [1.165, 1.54) is 12.3 Å².